The smallest absolute Gasteiger partial charge is 0.191 e. The summed E-state index contributed by atoms with van der Waals surface area (Å²) in [7, 11) is 0. The van der Waals surface area contributed by atoms with Crippen LogP contribution in [-0.2, 0) is 19.6 Å². The molecule has 27 heavy (non-hydrogen) atoms. The Morgan fingerprint density at radius 3 is 2.70 bits per heavy atom. The molecular formula is C20H27N7. The third-order valence-corrected chi connectivity index (χ3v) is 4.21. The van der Waals surface area contributed by atoms with Gasteiger partial charge in [0, 0.05) is 44.4 Å². The van der Waals surface area contributed by atoms with Crippen molar-refractivity contribution in [3.05, 3.63) is 72.6 Å². The molecule has 2 heterocycles. The molecule has 0 atom stereocenters. The fourth-order valence-corrected chi connectivity index (χ4v) is 2.83. The van der Waals surface area contributed by atoms with E-state index in [2.05, 4.69) is 56.5 Å². The van der Waals surface area contributed by atoms with Gasteiger partial charge in [-0.25, -0.2) is 9.98 Å². The summed E-state index contributed by atoms with van der Waals surface area (Å²) >= 11 is 0. The van der Waals surface area contributed by atoms with Gasteiger partial charge in [0.15, 0.2) is 5.96 Å². The first-order chi connectivity index (χ1) is 13.3. The molecule has 0 aliphatic heterocycles. The van der Waals surface area contributed by atoms with E-state index >= 15 is 0 Å². The van der Waals surface area contributed by atoms with Crippen molar-refractivity contribution in [2.45, 2.75) is 33.0 Å². The van der Waals surface area contributed by atoms with Gasteiger partial charge in [0.25, 0.3) is 0 Å². The minimum atomic E-state index is 0.633. The Labute approximate surface area is 160 Å². The second kappa shape index (κ2) is 10.2. The number of guanidine groups is 1. The highest BCUT2D eigenvalue weighted by Gasteiger charge is 2.04. The third-order valence-electron chi connectivity index (χ3n) is 4.21. The Hall–Kier alpha value is -3.09. The van der Waals surface area contributed by atoms with Gasteiger partial charge in [-0.1, -0.05) is 24.3 Å². The van der Waals surface area contributed by atoms with Crippen molar-refractivity contribution in [3.8, 4) is 0 Å². The van der Waals surface area contributed by atoms with Gasteiger partial charge in [0.1, 0.15) is 0 Å². The van der Waals surface area contributed by atoms with Crippen molar-refractivity contribution in [3.63, 3.8) is 0 Å². The quantitative estimate of drug-likeness (QED) is 0.347. The Balaban J connectivity index is 1.56. The molecule has 7 nitrogen and oxygen atoms in total. The zero-order valence-corrected chi connectivity index (χ0v) is 15.8. The monoisotopic (exact) mass is 365 g/mol. The predicted octanol–water partition coefficient (Wildman–Crippen LogP) is 2.27. The van der Waals surface area contributed by atoms with E-state index in [0.717, 1.165) is 38.6 Å². The number of hydrogen-bond donors (Lipinski definition) is 2. The minimum absolute atomic E-state index is 0.633. The number of imidazole rings is 1. The first-order valence-electron chi connectivity index (χ1n) is 9.37. The van der Waals surface area contributed by atoms with E-state index < -0.39 is 0 Å². The van der Waals surface area contributed by atoms with Crippen LogP contribution in [0.3, 0.4) is 0 Å². The van der Waals surface area contributed by atoms with Crippen LogP contribution in [-0.4, -0.2) is 38.4 Å². The van der Waals surface area contributed by atoms with Crippen molar-refractivity contribution in [1.82, 2.24) is 30.0 Å². The molecule has 0 bridgehead atoms. The van der Waals surface area contributed by atoms with Crippen LogP contribution in [0.25, 0.3) is 0 Å². The standard InChI is InChI=1S/C20H27N7/c1-2-22-20(23-9-5-12-26-14-11-21-17-26)24-15-18-7-3-4-8-19(18)16-27-13-6-10-25-27/h3-4,6-8,10-11,13-14,17H,2,5,9,12,15-16H2,1H3,(H2,22,23,24). The molecule has 3 aromatic rings. The molecule has 0 unspecified atom stereocenters. The number of aromatic nitrogens is 4. The molecule has 0 saturated heterocycles. The highest BCUT2D eigenvalue weighted by Crippen LogP contribution is 2.11. The number of nitrogens with one attached hydrogen (secondary N) is 2. The molecule has 0 saturated carbocycles. The minimum Gasteiger partial charge on any atom is -0.357 e. The highest BCUT2D eigenvalue weighted by atomic mass is 15.3. The SMILES string of the molecule is CCNC(=NCc1ccccc1Cn1cccn1)NCCCn1ccnc1. The maximum absolute atomic E-state index is 4.75. The largest absolute Gasteiger partial charge is 0.357 e. The van der Waals surface area contributed by atoms with Crippen LogP contribution >= 0.6 is 0 Å². The Kier molecular flexibility index (Phi) is 7.03. The van der Waals surface area contributed by atoms with Gasteiger partial charge in [-0.05, 0) is 30.5 Å². The summed E-state index contributed by atoms with van der Waals surface area (Å²) in [4.78, 5) is 8.82. The summed E-state index contributed by atoms with van der Waals surface area (Å²) in [5.74, 6) is 0.844. The second-order valence-electron chi connectivity index (χ2n) is 6.25. The summed E-state index contributed by atoms with van der Waals surface area (Å²) < 4.78 is 4.01. The lowest BCUT2D eigenvalue weighted by molar-refractivity contribution is 0.624. The lowest BCUT2D eigenvalue weighted by Gasteiger charge is -2.13. The molecular weight excluding hydrogens is 338 g/mol. The summed E-state index contributed by atoms with van der Waals surface area (Å²) in [5, 5.41) is 11.0. The van der Waals surface area contributed by atoms with Crippen LogP contribution < -0.4 is 10.6 Å². The number of aliphatic imine (C=N–C) groups is 1. The van der Waals surface area contributed by atoms with E-state index in [1.807, 2.05) is 29.5 Å². The highest BCUT2D eigenvalue weighted by molar-refractivity contribution is 5.79. The average Bonchev–Trinajstić information content (AvgIpc) is 3.38. The van der Waals surface area contributed by atoms with Crippen LogP contribution in [0.4, 0.5) is 0 Å². The molecule has 0 radical (unpaired) electrons. The van der Waals surface area contributed by atoms with Gasteiger partial charge in [-0.2, -0.15) is 5.10 Å². The van der Waals surface area contributed by atoms with E-state index in [1.54, 1.807) is 12.4 Å². The van der Waals surface area contributed by atoms with Crippen molar-refractivity contribution < 1.29 is 0 Å². The number of hydrogen-bond acceptors (Lipinski definition) is 3. The molecule has 1 aromatic carbocycles. The molecule has 2 N–H and O–H groups in total. The normalized spacial score (nSPS) is 11.5. The Morgan fingerprint density at radius 1 is 1.07 bits per heavy atom. The number of benzene rings is 1. The van der Waals surface area contributed by atoms with Crippen LogP contribution in [0.2, 0.25) is 0 Å². The third kappa shape index (κ3) is 5.99. The first kappa shape index (κ1) is 18.7. The predicted molar refractivity (Wildman–Crippen MR) is 107 cm³/mol. The maximum Gasteiger partial charge on any atom is 0.191 e. The molecule has 142 valence electrons. The van der Waals surface area contributed by atoms with Gasteiger partial charge in [0.2, 0.25) is 0 Å². The fraction of sp³-hybridized carbons (Fsp3) is 0.350. The lowest BCUT2D eigenvalue weighted by Crippen LogP contribution is -2.38. The van der Waals surface area contributed by atoms with Gasteiger partial charge < -0.3 is 15.2 Å². The van der Waals surface area contributed by atoms with Gasteiger partial charge >= 0.3 is 0 Å². The van der Waals surface area contributed by atoms with Crippen LogP contribution in [0, 0.1) is 0 Å². The molecule has 0 fully saturated rings. The van der Waals surface area contributed by atoms with Crippen molar-refractivity contribution >= 4 is 5.96 Å². The van der Waals surface area contributed by atoms with Gasteiger partial charge in [-0.3, -0.25) is 4.68 Å². The molecule has 0 amide bonds. The molecule has 7 heteroatoms. The zero-order chi connectivity index (χ0) is 18.7. The lowest BCUT2D eigenvalue weighted by atomic mass is 10.1. The summed E-state index contributed by atoms with van der Waals surface area (Å²) in [6.45, 7) is 6.11. The van der Waals surface area contributed by atoms with E-state index in [-0.39, 0.29) is 0 Å². The fourth-order valence-electron chi connectivity index (χ4n) is 2.83. The van der Waals surface area contributed by atoms with Gasteiger partial charge in [-0.15, -0.1) is 0 Å². The Morgan fingerprint density at radius 2 is 1.96 bits per heavy atom. The second-order valence-corrected chi connectivity index (χ2v) is 6.25. The van der Waals surface area contributed by atoms with Gasteiger partial charge in [0.05, 0.1) is 19.4 Å². The number of rotatable bonds is 9. The molecule has 0 spiro atoms. The maximum atomic E-state index is 4.75. The first-order valence-corrected chi connectivity index (χ1v) is 9.37. The topological polar surface area (TPSA) is 72.1 Å². The zero-order valence-electron chi connectivity index (χ0n) is 15.8. The van der Waals surface area contributed by atoms with E-state index in [0.29, 0.717) is 6.54 Å². The van der Waals surface area contributed by atoms with Crippen LogP contribution in [0.5, 0.6) is 0 Å². The van der Waals surface area contributed by atoms with E-state index in [9.17, 15) is 0 Å². The molecule has 0 aliphatic carbocycles. The number of nitrogens with zero attached hydrogens (tertiary/aromatic N) is 5. The number of aryl methyl sites for hydroxylation is 1. The van der Waals surface area contributed by atoms with E-state index in [1.165, 1.54) is 11.1 Å². The van der Waals surface area contributed by atoms with Crippen molar-refractivity contribution in [2.24, 2.45) is 4.99 Å². The van der Waals surface area contributed by atoms with Crippen LogP contribution in [0.1, 0.15) is 24.5 Å². The van der Waals surface area contributed by atoms with Crippen molar-refractivity contribution in [1.29, 1.82) is 0 Å². The average molecular weight is 365 g/mol. The van der Waals surface area contributed by atoms with E-state index in [4.69, 9.17) is 4.99 Å². The summed E-state index contributed by atoms with van der Waals surface area (Å²) in [5.41, 5.74) is 2.45. The summed E-state index contributed by atoms with van der Waals surface area (Å²) in [6.07, 6.45) is 10.4. The molecule has 3 rings (SSSR count). The summed E-state index contributed by atoms with van der Waals surface area (Å²) in [6, 6.07) is 10.3. The molecule has 2 aromatic heterocycles. The van der Waals surface area contributed by atoms with Crippen molar-refractivity contribution in [2.75, 3.05) is 13.1 Å². The van der Waals surface area contributed by atoms with Crippen LogP contribution in [0.15, 0.2) is 66.4 Å². The Bertz CT molecular complexity index is 807. The molecule has 0 aliphatic rings.